The molecule has 1 aromatic rings. The molecule has 0 bridgehead atoms. The van der Waals surface area contributed by atoms with Crippen LogP contribution in [0.1, 0.15) is 24.8 Å². The van der Waals surface area contributed by atoms with Gasteiger partial charge in [-0.3, -0.25) is 4.79 Å². The maximum atomic E-state index is 12.0. The van der Waals surface area contributed by atoms with Crippen molar-refractivity contribution in [3.63, 3.8) is 0 Å². The summed E-state index contributed by atoms with van der Waals surface area (Å²) < 4.78 is 5.13. The number of alkyl halides is 1. The summed E-state index contributed by atoms with van der Waals surface area (Å²) in [5.74, 6) is 1.09. The van der Waals surface area contributed by atoms with Gasteiger partial charge in [0.05, 0.1) is 7.11 Å². The zero-order valence-corrected chi connectivity index (χ0v) is 12.1. The number of methoxy groups -OCH3 is 1. The van der Waals surface area contributed by atoms with Crippen LogP contribution in [-0.2, 0) is 11.3 Å². The first kappa shape index (κ1) is 13.4. The van der Waals surface area contributed by atoms with Crippen LogP contribution in [0.3, 0.4) is 0 Å². The van der Waals surface area contributed by atoms with Gasteiger partial charge in [0.15, 0.2) is 0 Å². The van der Waals surface area contributed by atoms with Crippen LogP contribution in [-0.4, -0.2) is 29.3 Å². The average Bonchev–Trinajstić information content (AvgIpc) is 3.21. The van der Waals surface area contributed by atoms with Gasteiger partial charge in [-0.2, -0.15) is 0 Å². The Balaban J connectivity index is 2.01. The van der Waals surface area contributed by atoms with E-state index in [1.165, 1.54) is 0 Å². The highest BCUT2D eigenvalue weighted by molar-refractivity contribution is 9.09. The topological polar surface area (TPSA) is 29.5 Å². The number of amides is 1. The molecule has 1 saturated carbocycles. The summed E-state index contributed by atoms with van der Waals surface area (Å²) in [5, 5.41) is 0.734. The van der Waals surface area contributed by atoms with Gasteiger partial charge < -0.3 is 9.64 Å². The quantitative estimate of drug-likeness (QED) is 0.756. The lowest BCUT2D eigenvalue weighted by molar-refractivity contribution is -0.131. The van der Waals surface area contributed by atoms with Crippen LogP contribution >= 0.6 is 15.9 Å². The number of benzene rings is 1. The van der Waals surface area contributed by atoms with Gasteiger partial charge in [-0.1, -0.05) is 28.1 Å². The maximum Gasteiger partial charge on any atom is 0.223 e. The van der Waals surface area contributed by atoms with Crippen molar-refractivity contribution in [1.82, 2.24) is 4.90 Å². The fourth-order valence-electron chi connectivity index (χ4n) is 1.96. The molecule has 0 unspecified atom stereocenters. The summed E-state index contributed by atoms with van der Waals surface area (Å²) in [6.07, 6.45) is 2.86. The number of rotatable bonds is 6. The molecule has 0 aromatic heterocycles. The highest BCUT2D eigenvalue weighted by atomic mass is 79.9. The molecule has 1 aliphatic rings. The van der Waals surface area contributed by atoms with E-state index < -0.39 is 0 Å². The van der Waals surface area contributed by atoms with Crippen LogP contribution in [0.15, 0.2) is 24.3 Å². The lowest BCUT2D eigenvalue weighted by atomic mass is 10.2. The third-order valence-electron chi connectivity index (χ3n) is 3.13. The summed E-state index contributed by atoms with van der Waals surface area (Å²) in [6.45, 7) is 0.709. The second-order valence-electron chi connectivity index (χ2n) is 4.54. The Morgan fingerprint density at radius 3 is 2.56 bits per heavy atom. The molecule has 0 saturated heterocycles. The first-order chi connectivity index (χ1) is 8.74. The van der Waals surface area contributed by atoms with Gasteiger partial charge in [0, 0.05) is 24.3 Å². The van der Waals surface area contributed by atoms with Crippen LogP contribution in [0.2, 0.25) is 0 Å². The normalized spacial score (nSPS) is 14.3. The molecule has 0 N–H and O–H groups in total. The summed E-state index contributed by atoms with van der Waals surface area (Å²) in [4.78, 5) is 14.0. The molecule has 3 nitrogen and oxygen atoms in total. The highest BCUT2D eigenvalue weighted by Crippen LogP contribution is 2.29. The third-order valence-corrected chi connectivity index (χ3v) is 3.52. The standard InChI is InChI=1S/C14H18BrNO2/c1-18-13-6-2-11(3-7-13)10-16(12-4-5-12)14(17)8-9-15/h2-3,6-7,12H,4-5,8-10H2,1H3. The van der Waals surface area contributed by atoms with E-state index in [2.05, 4.69) is 15.9 Å². The molecule has 0 atom stereocenters. The Morgan fingerprint density at radius 1 is 1.39 bits per heavy atom. The first-order valence-corrected chi connectivity index (χ1v) is 7.35. The number of halogens is 1. The van der Waals surface area contributed by atoms with Gasteiger partial charge >= 0.3 is 0 Å². The van der Waals surface area contributed by atoms with Crippen LogP contribution in [0.5, 0.6) is 5.75 Å². The van der Waals surface area contributed by atoms with Crippen molar-refractivity contribution >= 4 is 21.8 Å². The van der Waals surface area contributed by atoms with Crippen LogP contribution < -0.4 is 4.74 Å². The van der Waals surface area contributed by atoms with Crippen molar-refractivity contribution < 1.29 is 9.53 Å². The number of hydrogen-bond donors (Lipinski definition) is 0. The number of hydrogen-bond acceptors (Lipinski definition) is 2. The second kappa shape index (κ2) is 6.23. The van der Waals surface area contributed by atoms with E-state index in [0.717, 1.165) is 29.5 Å². The summed E-state index contributed by atoms with van der Waals surface area (Å²) in [7, 11) is 1.66. The molecule has 0 radical (unpaired) electrons. The Bertz CT molecular complexity index is 401. The SMILES string of the molecule is COc1ccc(CN(C(=O)CCBr)C2CC2)cc1. The summed E-state index contributed by atoms with van der Waals surface area (Å²) in [5.41, 5.74) is 1.16. The lowest BCUT2D eigenvalue weighted by Gasteiger charge is -2.22. The maximum absolute atomic E-state index is 12.0. The van der Waals surface area contributed by atoms with E-state index in [-0.39, 0.29) is 5.91 Å². The van der Waals surface area contributed by atoms with Crippen molar-refractivity contribution in [2.24, 2.45) is 0 Å². The molecule has 1 aromatic carbocycles. The highest BCUT2D eigenvalue weighted by Gasteiger charge is 2.31. The van der Waals surface area contributed by atoms with Crippen molar-refractivity contribution in [2.75, 3.05) is 12.4 Å². The Kier molecular flexibility index (Phi) is 4.64. The number of carbonyl (C=O) groups is 1. The van der Waals surface area contributed by atoms with Crippen molar-refractivity contribution in [2.45, 2.75) is 31.8 Å². The molecule has 0 heterocycles. The van der Waals surface area contributed by atoms with Gasteiger partial charge in [-0.05, 0) is 30.5 Å². The molecule has 2 rings (SSSR count). The summed E-state index contributed by atoms with van der Waals surface area (Å²) in [6, 6.07) is 8.38. The monoisotopic (exact) mass is 311 g/mol. The minimum absolute atomic E-state index is 0.241. The molecule has 4 heteroatoms. The zero-order valence-electron chi connectivity index (χ0n) is 10.6. The number of carbonyl (C=O) groups excluding carboxylic acids is 1. The molecule has 18 heavy (non-hydrogen) atoms. The van der Waals surface area contributed by atoms with Gasteiger partial charge in [0.2, 0.25) is 5.91 Å². The number of nitrogens with zero attached hydrogens (tertiary/aromatic N) is 1. The molecular weight excluding hydrogens is 294 g/mol. The molecule has 1 aliphatic carbocycles. The Hall–Kier alpha value is -1.03. The van der Waals surface area contributed by atoms with Crippen molar-refractivity contribution in [1.29, 1.82) is 0 Å². The largest absolute Gasteiger partial charge is 0.497 e. The minimum Gasteiger partial charge on any atom is -0.497 e. The minimum atomic E-state index is 0.241. The predicted molar refractivity (Wildman–Crippen MR) is 75.0 cm³/mol. The molecule has 98 valence electrons. The van der Waals surface area contributed by atoms with Crippen molar-refractivity contribution in [3.05, 3.63) is 29.8 Å². The van der Waals surface area contributed by atoms with E-state index >= 15 is 0 Å². The van der Waals surface area contributed by atoms with Crippen LogP contribution in [0.4, 0.5) is 0 Å². The molecule has 0 spiro atoms. The Labute approximate surface area is 116 Å². The molecule has 1 fully saturated rings. The molecule has 0 aliphatic heterocycles. The second-order valence-corrected chi connectivity index (χ2v) is 5.33. The fourth-order valence-corrected chi connectivity index (χ4v) is 2.30. The van der Waals surface area contributed by atoms with E-state index in [9.17, 15) is 4.79 Å². The third kappa shape index (κ3) is 3.48. The van der Waals surface area contributed by atoms with Crippen molar-refractivity contribution in [3.8, 4) is 5.75 Å². The van der Waals surface area contributed by atoms with E-state index in [1.54, 1.807) is 7.11 Å². The summed E-state index contributed by atoms with van der Waals surface area (Å²) >= 11 is 3.33. The number of ether oxygens (including phenoxy) is 1. The smallest absolute Gasteiger partial charge is 0.223 e. The predicted octanol–water partition coefficient (Wildman–Crippen LogP) is 2.97. The lowest BCUT2D eigenvalue weighted by Crippen LogP contribution is -2.32. The van der Waals surface area contributed by atoms with E-state index in [0.29, 0.717) is 19.0 Å². The zero-order chi connectivity index (χ0) is 13.0. The van der Waals surface area contributed by atoms with Gasteiger partial charge in [-0.15, -0.1) is 0 Å². The van der Waals surface area contributed by atoms with Crippen LogP contribution in [0.25, 0.3) is 0 Å². The van der Waals surface area contributed by atoms with Crippen LogP contribution in [0, 0.1) is 0 Å². The van der Waals surface area contributed by atoms with Gasteiger partial charge in [0.1, 0.15) is 5.75 Å². The molecule has 1 amide bonds. The molecular formula is C14H18BrNO2. The average molecular weight is 312 g/mol. The fraction of sp³-hybridized carbons (Fsp3) is 0.500. The van der Waals surface area contributed by atoms with Gasteiger partial charge in [0.25, 0.3) is 0 Å². The first-order valence-electron chi connectivity index (χ1n) is 6.23. The van der Waals surface area contributed by atoms with E-state index in [1.807, 2.05) is 29.2 Å². The Morgan fingerprint density at radius 2 is 2.06 bits per heavy atom. The van der Waals surface area contributed by atoms with E-state index in [4.69, 9.17) is 4.74 Å². The van der Waals surface area contributed by atoms with Gasteiger partial charge in [-0.25, -0.2) is 0 Å².